The lowest BCUT2D eigenvalue weighted by Crippen LogP contribution is -2.40. The quantitative estimate of drug-likeness (QED) is 0.449. The van der Waals surface area contributed by atoms with Gasteiger partial charge in [0.1, 0.15) is 0 Å². The third-order valence-corrected chi connectivity index (χ3v) is 6.10. The third kappa shape index (κ3) is 6.48. The predicted molar refractivity (Wildman–Crippen MR) is 118 cm³/mol. The zero-order valence-corrected chi connectivity index (χ0v) is 17.8. The summed E-state index contributed by atoms with van der Waals surface area (Å²) in [5.74, 6) is 0. The number of hydrogen-bond donors (Lipinski definition) is 3. The first-order valence-electron chi connectivity index (χ1n) is 9.25. The van der Waals surface area contributed by atoms with Crippen LogP contribution in [0.15, 0.2) is 71.9 Å². The number of nitrogens with one attached hydrogen (secondary N) is 2. The number of rotatable bonds is 9. The van der Waals surface area contributed by atoms with Crippen LogP contribution in [-0.4, -0.2) is 37.6 Å². The van der Waals surface area contributed by atoms with E-state index >= 15 is 0 Å². The molecule has 0 fully saturated rings. The summed E-state index contributed by atoms with van der Waals surface area (Å²) in [6.45, 7) is 2.87. The summed E-state index contributed by atoms with van der Waals surface area (Å²) < 4.78 is 27.9. The molecule has 0 radical (unpaired) electrons. The topological polar surface area (TPSA) is 91.3 Å². The van der Waals surface area contributed by atoms with Gasteiger partial charge in [-0.3, -0.25) is 4.98 Å². The molecule has 3 rings (SSSR count). The Morgan fingerprint density at radius 3 is 2.59 bits per heavy atom. The van der Waals surface area contributed by atoms with Gasteiger partial charge in [-0.25, -0.2) is 13.1 Å². The number of pyridine rings is 1. The van der Waals surface area contributed by atoms with Crippen molar-refractivity contribution < 1.29 is 13.5 Å². The molecule has 0 amide bonds. The normalized spacial score (nSPS) is 13.6. The van der Waals surface area contributed by atoms with E-state index in [1.165, 1.54) is 0 Å². The molecule has 3 N–H and O–H groups in total. The van der Waals surface area contributed by atoms with Crippen LogP contribution in [-0.2, 0) is 10.0 Å². The van der Waals surface area contributed by atoms with Gasteiger partial charge in [0.05, 0.1) is 11.0 Å². The second kappa shape index (κ2) is 10.7. The summed E-state index contributed by atoms with van der Waals surface area (Å²) in [6.07, 6.45) is 3.37. The second-order valence-corrected chi connectivity index (χ2v) is 8.54. The molecule has 3 aromatic rings. The Morgan fingerprint density at radius 1 is 1.07 bits per heavy atom. The molecule has 1 heterocycles. The predicted octanol–water partition coefficient (Wildman–Crippen LogP) is 3.04. The van der Waals surface area contributed by atoms with Gasteiger partial charge in [-0.05, 0) is 49.0 Å². The maximum Gasteiger partial charge on any atom is 0.240 e. The summed E-state index contributed by atoms with van der Waals surface area (Å²) in [4.78, 5) is 4.27. The van der Waals surface area contributed by atoms with Gasteiger partial charge in [0, 0.05) is 30.4 Å². The molecule has 1 aromatic heterocycles. The SMILES string of the molecule is CC(CNCCC(O)c1ccccc1)NS(=O)(=O)c1ccc2cnccc2c1.Cl. The van der Waals surface area contributed by atoms with Crippen LogP contribution in [0.4, 0.5) is 0 Å². The van der Waals surface area contributed by atoms with Gasteiger partial charge in [0.25, 0.3) is 0 Å². The van der Waals surface area contributed by atoms with Gasteiger partial charge >= 0.3 is 0 Å². The van der Waals surface area contributed by atoms with E-state index in [0.29, 0.717) is 19.5 Å². The zero-order chi connectivity index (χ0) is 20.0. The smallest absolute Gasteiger partial charge is 0.240 e. The summed E-state index contributed by atoms with van der Waals surface area (Å²) in [5.41, 5.74) is 0.879. The van der Waals surface area contributed by atoms with Crippen molar-refractivity contribution in [3.05, 3.63) is 72.6 Å². The van der Waals surface area contributed by atoms with Crippen molar-refractivity contribution in [2.45, 2.75) is 30.4 Å². The molecule has 0 aliphatic carbocycles. The van der Waals surface area contributed by atoms with E-state index in [0.717, 1.165) is 16.3 Å². The molecule has 0 aliphatic rings. The minimum absolute atomic E-state index is 0. The minimum atomic E-state index is -3.61. The van der Waals surface area contributed by atoms with E-state index in [-0.39, 0.29) is 23.3 Å². The number of halogens is 1. The average molecular weight is 436 g/mol. The maximum atomic E-state index is 12.6. The van der Waals surface area contributed by atoms with Crippen molar-refractivity contribution in [3.8, 4) is 0 Å². The van der Waals surface area contributed by atoms with Crippen LogP contribution in [0.2, 0.25) is 0 Å². The highest BCUT2D eigenvalue weighted by molar-refractivity contribution is 7.89. The average Bonchev–Trinajstić information content (AvgIpc) is 2.71. The number of aliphatic hydroxyl groups excluding tert-OH is 1. The van der Waals surface area contributed by atoms with Gasteiger partial charge in [0.2, 0.25) is 10.0 Å². The van der Waals surface area contributed by atoms with E-state index in [1.807, 2.05) is 37.3 Å². The van der Waals surface area contributed by atoms with E-state index in [1.54, 1.807) is 36.7 Å². The summed E-state index contributed by atoms with van der Waals surface area (Å²) in [7, 11) is -3.61. The number of nitrogens with zero attached hydrogens (tertiary/aromatic N) is 1. The number of sulfonamides is 1. The van der Waals surface area contributed by atoms with Crippen LogP contribution in [0.25, 0.3) is 10.8 Å². The largest absolute Gasteiger partial charge is 0.388 e. The molecule has 0 spiro atoms. The lowest BCUT2D eigenvalue weighted by atomic mass is 10.1. The van der Waals surface area contributed by atoms with Crippen molar-refractivity contribution in [1.29, 1.82) is 0 Å². The number of hydrogen-bond acceptors (Lipinski definition) is 5. The fourth-order valence-electron chi connectivity index (χ4n) is 3.00. The van der Waals surface area contributed by atoms with Crippen molar-refractivity contribution in [2.75, 3.05) is 13.1 Å². The highest BCUT2D eigenvalue weighted by Crippen LogP contribution is 2.18. The first-order valence-corrected chi connectivity index (χ1v) is 10.7. The lowest BCUT2D eigenvalue weighted by molar-refractivity contribution is 0.166. The highest BCUT2D eigenvalue weighted by atomic mass is 35.5. The van der Waals surface area contributed by atoms with Crippen molar-refractivity contribution >= 4 is 33.2 Å². The van der Waals surface area contributed by atoms with Gasteiger partial charge in [-0.1, -0.05) is 36.4 Å². The summed E-state index contributed by atoms with van der Waals surface area (Å²) in [5, 5.41) is 15.1. The van der Waals surface area contributed by atoms with E-state index < -0.39 is 16.1 Å². The van der Waals surface area contributed by atoms with E-state index in [9.17, 15) is 13.5 Å². The minimum Gasteiger partial charge on any atom is -0.388 e. The van der Waals surface area contributed by atoms with Crippen LogP contribution >= 0.6 is 12.4 Å². The Bertz CT molecular complexity index is 1020. The Hall–Kier alpha value is -2.03. The van der Waals surface area contributed by atoms with Gasteiger partial charge in [-0.15, -0.1) is 12.4 Å². The van der Waals surface area contributed by atoms with Crippen LogP contribution in [0.3, 0.4) is 0 Å². The molecular weight excluding hydrogens is 410 g/mol. The Kier molecular flexibility index (Phi) is 8.55. The van der Waals surface area contributed by atoms with Crippen molar-refractivity contribution in [2.24, 2.45) is 0 Å². The lowest BCUT2D eigenvalue weighted by Gasteiger charge is -2.16. The van der Waals surface area contributed by atoms with Gasteiger partial charge in [0.15, 0.2) is 0 Å². The Balaban J connectivity index is 0.00000300. The number of aliphatic hydroxyl groups is 1. The fraction of sp³-hybridized carbons (Fsp3) is 0.286. The van der Waals surface area contributed by atoms with E-state index in [4.69, 9.17) is 0 Å². The van der Waals surface area contributed by atoms with Crippen LogP contribution in [0, 0.1) is 0 Å². The monoisotopic (exact) mass is 435 g/mol. The summed E-state index contributed by atoms with van der Waals surface area (Å²) >= 11 is 0. The number of benzene rings is 2. The maximum absolute atomic E-state index is 12.6. The molecule has 2 aromatic carbocycles. The van der Waals surface area contributed by atoms with Crippen molar-refractivity contribution in [3.63, 3.8) is 0 Å². The summed E-state index contributed by atoms with van der Waals surface area (Å²) in [6, 6.07) is 16.0. The van der Waals surface area contributed by atoms with Gasteiger partial charge in [-0.2, -0.15) is 0 Å². The molecule has 0 bridgehead atoms. The molecule has 29 heavy (non-hydrogen) atoms. The third-order valence-electron chi connectivity index (χ3n) is 4.51. The molecule has 8 heteroatoms. The highest BCUT2D eigenvalue weighted by Gasteiger charge is 2.17. The molecule has 156 valence electrons. The number of fused-ring (bicyclic) bond motifs is 1. The van der Waals surface area contributed by atoms with Crippen molar-refractivity contribution in [1.82, 2.24) is 15.0 Å². The van der Waals surface area contributed by atoms with Gasteiger partial charge < -0.3 is 10.4 Å². The first kappa shape index (κ1) is 23.3. The molecule has 2 atom stereocenters. The Morgan fingerprint density at radius 2 is 1.83 bits per heavy atom. The molecular formula is C21H26ClN3O3S. The zero-order valence-electron chi connectivity index (χ0n) is 16.2. The molecule has 0 aliphatic heterocycles. The molecule has 2 unspecified atom stereocenters. The van der Waals surface area contributed by atoms with Crippen LogP contribution in [0.1, 0.15) is 25.0 Å². The molecule has 0 saturated heterocycles. The van der Waals surface area contributed by atoms with Crippen LogP contribution < -0.4 is 10.0 Å². The first-order chi connectivity index (χ1) is 13.5. The molecule has 6 nitrogen and oxygen atoms in total. The fourth-order valence-corrected chi connectivity index (χ4v) is 4.28. The van der Waals surface area contributed by atoms with Crippen LogP contribution in [0.5, 0.6) is 0 Å². The Labute approximate surface area is 177 Å². The van der Waals surface area contributed by atoms with E-state index in [2.05, 4.69) is 15.0 Å². The standard InChI is InChI=1S/C21H25N3O3S.ClH/c1-16(14-22-12-10-21(25)17-5-3-2-4-6-17)24-28(26,27)20-8-7-19-15-23-11-9-18(19)13-20;/h2-9,11,13,15-16,21-22,24-25H,10,12,14H2,1H3;1H. The number of aromatic nitrogens is 1. The second-order valence-electron chi connectivity index (χ2n) is 6.83. The molecule has 0 saturated carbocycles.